The van der Waals surface area contributed by atoms with E-state index in [0.717, 1.165) is 0 Å². The molecule has 4 aromatic heterocycles. The van der Waals surface area contributed by atoms with Crippen molar-refractivity contribution in [3.05, 3.63) is 58.1 Å². The van der Waals surface area contributed by atoms with Gasteiger partial charge in [0.05, 0.1) is 11.8 Å². The minimum absolute atomic E-state index is 0.00309. The maximum Gasteiger partial charge on any atom is 0.191 e. The molecule has 30 heavy (non-hydrogen) atoms. The summed E-state index contributed by atoms with van der Waals surface area (Å²) in [5.41, 5.74) is 2.31. The van der Waals surface area contributed by atoms with E-state index < -0.39 is 12.4 Å². The predicted molar refractivity (Wildman–Crippen MR) is 105 cm³/mol. The van der Waals surface area contributed by atoms with Crippen molar-refractivity contribution in [2.75, 3.05) is 7.11 Å². The molecule has 1 N–H and O–H groups in total. The van der Waals surface area contributed by atoms with Crippen LogP contribution in [0.4, 0.5) is 4.39 Å². The van der Waals surface area contributed by atoms with Crippen molar-refractivity contribution in [1.29, 1.82) is 0 Å². The summed E-state index contributed by atoms with van der Waals surface area (Å²) in [5, 5.41) is 17.6. The van der Waals surface area contributed by atoms with E-state index in [1.807, 2.05) is 6.92 Å². The first-order chi connectivity index (χ1) is 14.4. The van der Waals surface area contributed by atoms with Gasteiger partial charge in [0.25, 0.3) is 0 Å². The Labute approximate surface area is 175 Å². The Balaban J connectivity index is 1.62. The Morgan fingerprint density at radius 3 is 2.87 bits per heavy atom. The lowest BCUT2D eigenvalue weighted by molar-refractivity contribution is -0.117. The Bertz CT molecular complexity index is 1250. The number of hydrogen-bond acceptors (Lipinski definition) is 7. The molecule has 1 atom stereocenters. The number of aliphatic hydroxyl groups is 1. The van der Waals surface area contributed by atoms with Crippen molar-refractivity contribution in [3.8, 4) is 0 Å². The van der Waals surface area contributed by atoms with E-state index in [1.165, 1.54) is 16.8 Å². The van der Waals surface area contributed by atoms with Crippen LogP contribution in [0.5, 0.6) is 0 Å². The summed E-state index contributed by atoms with van der Waals surface area (Å²) in [5.74, 6) is -0.663. The van der Waals surface area contributed by atoms with Crippen LogP contribution in [0.2, 0.25) is 5.15 Å². The molecule has 0 aliphatic heterocycles. The third-order valence-corrected chi connectivity index (χ3v) is 4.91. The van der Waals surface area contributed by atoms with Gasteiger partial charge in [-0.3, -0.25) is 4.79 Å². The molecule has 0 radical (unpaired) electrons. The lowest BCUT2D eigenvalue weighted by Crippen LogP contribution is -2.15. The fourth-order valence-corrected chi connectivity index (χ4v) is 3.52. The van der Waals surface area contributed by atoms with Gasteiger partial charge in [0.2, 0.25) is 0 Å². The van der Waals surface area contributed by atoms with Crippen molar-refractivity contribution in [1.82, 2.24) is 29.2 Å². The smallest absolute Gasteiger partial charge is 0.191 e. The van der Waals surface area contributed by atoms with Crippen molar-refractivity contribution in [2.24, 2.45) is 0 Å². The molecule has 0 saturated heterocycles. The number of ether oxygens (including phenoxy) is 1. The van der Waals surface area contributed by atoms with Crippen LogP contribution in [-0.2, 0) is 29.0 Å². The van der Waals surface area contributed by atoms with Crippen LogP contribution in [0.3, 0.4) is 0 Å². The van der Waals surface area contributed by atoms with E-state index in [0.29, 0.717) is 22.5 Å². The molecule has 4 heterocycles. The highest BCUT2D eigenvalue weighted by molar-refractivity contribution is 6.29. The zero-order chi connectivity index (χ0) is 21.4. The average molecular weight is 433 g/mol. The predicted octanol–water partition coefficient (Wildman–Crippen LogP) is 2.12. The monoisotopic (exact) mass is 432 g/mol. The van der Waals surface area contributed by atoms with E-state index in [9.17, 15) is 9.18 Å². The van der Waals surface area contributed by atoms with Gasteiger partial charge in [0.15, 0.2) is 28.1 Å². The first-order valence-electron chi connectivity index (χ1n) is 9.11. The number of pyridine rings is 1. The molecule has 0 aromatic carbocycles. The topological polar surface area (TPSA) is 107 Å². The number of hydrogen-bond donors (Lipinski definition) is 1. The fraction of sp³-hybridized carbons (Fsp3) is 0.316. The van der Waals surface area contributed by atoms with Crippen molar-refractivity contribution < 1.29 is 19.0 Å². The van der Waals surface area contributed by atoms with E-state index in [4.69, 9.17) is 21.4 Å². The summed E-state index contributed by atoms with van der Waals surface area (Å²) in [4.78, 5) is 21.0. The van der Waals surface area contributed by atoms with E-state index >= 15 is 0 Å². The number of aromatic nitrogens is 6. The summed E-state index contributed by atoms with van der Waals surface area (Å²) >= 11 is 6.00. The molecule has 0 bridgehead atoms. The largest absolute Gasteiger partial charge is 0.388 e. The van der Waals surface area contributed by atoms with Crippen LogP contribution < -0.4 is 0 Å². The lowest BCUT2D eigenvalue weighted by Gasteiger charge is -2.16. The van der Waals surface area contributed by atoms with Crippen molar-refractivity contribution in [3.63, 3.8) is 0 Å². The van der Waals surface area contributed by atoms with Crippen LogP contribution >= 0.6 is 11.6 Å². The Hall–Kier alpha value is -2.95. The minimum atomic E-state index is -0.615. The summed E-state index contributed by atoms with van der Waals surface area (Å²) in [6, 6.07) is 2.87. The highest BCUT2D eigenvalue weighted by atomic mass is 35.5. The molecule has 0 unspecified atom stereocenters. The van der Waals surface area contributed by atoms with Crippen LogP contribution in [0, 0.1) is 5.82 Å². The van der Waals surface area contributed by atoms with Crippen LogP contribution in [0.15, 0.2) is 24.5 Å². The van der Waals surface area contributed by atoms with Gasteiger partial charge in [-0.2, -0.15) is 5.10 Å². The summed E-state index contributed by atoms with van der Waals surface area (Å²) in [6.07, 6.45) is 2.82. The molecule has 9 nitrogen and oxygen atoms in total. The van der Waals surface area contributed by atoms with Gasteiger partial charge >= 0.3 is 0 Å². The minimum Gasteiger partial charge on any atom is -0.388 e. The quantitative estimate of drug-likeness (QED) is 0.476. The second-order valence-corrected chi connectivity index (χ2v) is 7.21. The van der Waals surface area contributed by atoms with Gasteiger partial charge in [-0.1, -0.05) is 11.6 Å². The third kappa shape index (κ3) is 3.76. The molecule has 0 amide bonds. The van der Waals surface area contributed by atoms with Crippen LogP contribution in [-0.4, -0.2) is 47.2 Å². The van der Waals surface area contributed by atoms with Crippen molar-refractivity contribution in [2.45, 2.75) is 32.5 Å². The number of aliphatic hydroxyl groups excluding tert-OH is 1. The molecular formula is C19H18ClFN6O3. The SMILES string of the molecule is CO[C@@H](C)c1c(CC(=O)Cc2cc(F)c3nc(CO)nn3c2)cnc2cc(Cl)nn12. The molecule has 156 valence electrons. The van der Waals surface area contributed by atoms with Gasteiger partial charge < -0.3 is 9.84 Å². The van der Waals surface area contributed by atoms with E-state index in [-0.39, 0.29) is 41.4 Å². The van der Waals surface area contributed by atoms with E-state index in [2.05, 4.69) is 20.2 Å². The highest BCUT2D eigenvalue weighted by Gasteiger charge is 2.20. The molecule has 0 aliphatic carbocycles. The first-order valence-corrected chi connectivity index (χ1v) is 9.49. The number of rotatable bonds is 7. The van der Waals surface area contributed by atoms with Crippen LogP contribution in [0.1, 0.15) is 35.7 Å². The molecule has 0 fully saturated rings. The number of fused-ring (bicyclic) bond motifs is 2. The number of carbonyl (C=O) groups is 1. The molecule has 0 saturated carbocycles. The number of carbonyl (C=O) groups excluding carboxylic acids is 1. The number of Topliss-reactive ketones (excluding diaryl/α,β-unsaturated/α-hetero) is 1. The second-order valence-electron chi connectivity index (χ2n) is 6.83. The molecule has 4 rings (SSSR count). The zero-order valence-electron chi connectivity index (χ0n) is 16.2. The Kier molecular flexibility index (Phi) is 5.46. The average Bonchev–Trinajstić information content (AvgIpc) is 3.29. The normalized spacial score (nSPS) is 12.7. The first kappa shape index (κ1) is 20.3. The number of ketones is 1. The highest BCUT2D eigenvalue weighted by Crippen LogP contribution is 2.24. The van der Waals surface area contributed by atoms with E-state index in [1.54, 1.807) is 23.9 Å². The second kappa shape index (κ2) is 8.05. The standard InChI is InChI=1S/C19H18ClFN6O3/c1-10(30-2)18-12(7-22-17-6-15(20)24-27(17)18)5-13(29)3-11-4-14(21)19-23-16(9-28)25-26(19)8-11/h4,6-8,10,28H,3,5,9H2,1-2H3/t10-/m0/s1. The number of methoxy groups -OCH3 is 1. The van der Waals surface area contributed by atoms with Gasteiger partial charge in [0, 0.05) is 44.0 Å². The maximum absolute atomic E-state index is 14.3. The number of nitrogens with zero attached hydrogens (tertiary/aromatic N) is 6. The molecule has 0 aliphatic rings. The molecular weight excluding hydrogens is 415 g/mol. The van der Waals surface area contributed by atoms with Gasteiger partial charge in [-0.15, -0.1) is 5.10 Å². The lowest BCUT2D eigenvalue weighted by atomic mass is 10.0. The number of halogens is 2. The third-order valence-electron chi connectivity index (χ3n) is 4.73. The van der Waals surface area contributed by atoms with Crippen molar-refractivity contribution >= 4 is 28.7 Å². The summed E-state index contributed by atoms with van der Waals surface area (Å²) in [6.45, 7) is 1.44. The Morgan fingerprint density at radius 2 is 2.13 bits per heavy atom. The Morgan fingerprint density at radius 1 is 1.33 bits per heavy atom. The molecule has 4 aromatic rings. The summed E-state index contributed by atoms with van der Waals surface area (Å²) in [7, 11) is 1.56. The maximum atomic E-state index is 14.3. The zero-order valence-corrected chi connectivity index (χ0v) is 17.0. The van der Waals surface area contributed by atoms with Gasteiger partial charge in [0.1, 0.15) is 12.4 Å². The summed E-state index contributed by atoms with van der Waals surface area (Å²) < 4.78 is 22.5. The van der Waals surface area contributed by atoms with Gasteiger partial charge in [-0.25, -0.2) is 23.4 Å². The van der Waals surface area contributed by atoms with Crippen LogP contribution in [0.25, 0.3) is 11.3 Å². The fourth-order valence-electron chi connectivity index (χ4n) is 3.35. The van der Waals surface area contributed by atoms with Gasteiger partial charge in [-0.05, 0) is 18.6 Å². The molecule has 0 spiro atoms. The molecule has 11 heteroatoms.